The van der Waals surface area contributed by atoms with Gasteiger partial charge in [-0.2, -0.15) is 11.8 Å². The Morgan fingerprint density at radius 3 is 2.79 bits per heavy atom. The maximum atomic E-state index is 12.6. The topological polar surface area (TPSA) is 79.0 Å². The molecule has 0 bridgehead atoms. The molecule has 1 spiro atoms. The first-order valence-corrected chi connectivity index (χ1v) is 10.9. The van der Waals surface area contributed by atoms with Gasteiger partial charge in [0, 0.05) is 50.4 Å². The monoisotopic (exact) mass is 403 g/mol. The largest absolute Gasteiger partial charge is 0.467 e. The lowest BCUT2D eigenvalue weighted by Crippen LogP contribution is -2.56. The van der Waals surface area contributed by atoms with Crippen molar-refractivity contribution in [2.45, 2.75) is 31.9 Å². The molecule has 28 heavy (non-hydrogen) atoms. The molecule has 1 aromatic rings. The summed E-state index contributed by atoms with van der Waals surface area (Å²) in [5.41, 5.74) is 0.621. The summed E-state index contributed by atoms with van der Waals surface area (Å²) in [6.07, 6.45) is 1.10. The van der Waals surface area contributed by atoms with Crippen LogP contribution in [0.15, 0.2) is 18.2 Å². The van der Waals surface area contributed by atoms with Crippen LogP contribution in [-0.2, 0) is 9.59 Å². The number of carbonyl (C=O) groups is 3. The van der Waals surface area contributed by atoms with Crippen molar-refractivity contribution in [3.05, 3.63) is 29.3 Å². The number of carbonyl (C=O) groups excluding carboxylic acids is 3. The number of thioether (sulfide) groups is 1. The second-order valence-electron chi connectivity index (χ2n) is 7.61. The summed E-state index contributed by atoms with van der Waals surface area (Å²) < 4.78 is 6.17. The predicted octanol–water partition coefficient (Wildman–Crippen LogP) is 1.40. The van der Waals surface area contributed by atoms with Crippen LogP contribution in [0.1, 0.15) is 35.2 Å². The molecule has 1 aromatic carbocycles. The minimum Gasteiger partial charge on any atom is -0.467 e. The van der Waals surface area contributed by atoms with Gasteiger partial charge in [0.1, 0.15) is 5.75 Å². The van der Waals surface area contributed by atoms with Crippen molar-refractivity contribution in [2.24, 2.45) is 0 Å². The van der Waals surface area contributed by atoms with Crippen molar-refractivity contribution < 1.29 is 19.1 Å². The number of rotatable bonds is 2. The molecule has 0 unspecified atom stereocenters. The maximum Gasteiger partial charge on any atom is 0.258 e. The lowest BCUT2D eigenvalue weighted by atomic mass is 9.99. The third kappa shape index (κ3) is 3.83. The van der Waals surface area contributed by atoms with Crippen molar-refractivity contribution in [2.75, 3.05) is 37.7 Å². The number of ether oxygens (including phenoxy) is 1. The van der Waals surface area contributed by atoms with Gasteiger partial charge in [0.15, 0.2) is 5.72 Å². The van der Waals surface area contributed by atoms with Crippen LogP contribution in [-0.4, -0.2) is 70.9 Å². The Bertz CT molecular complexity index is 809. The van der Waals surface area contributed by atoms with E-state index < -0.39 is 5.72 Å². The molecule has 150 valence electrons. The van der Waals surface area contributed by atoms with Crippen LogP contribution in [0, 0.1) is 6.92 Å². The van der Waals surface area contributed by atoms with Gasteiger partial charge < -0.3 is 19.9 Å². The lowest BCUT2D eigenvalue weighted by Gasteiger charge is -2.38. The van der Waals surface area contributed by atoms with Gasteiger partial charge >= 0.3 is 0 Å². The molecular weight excluding hydrogens is 378 g/mol. The quantitative estimate of drug-likeness (QED) is 0.808. The first-order valence-electron chi connectivity index (χ1n) is 9.71. The Balaban J connectivity index is 1.45. The van der Waals surface area contributed by atoms with E-state index in [0.717, 1.165) is 30.2 Å². The van der Waals surface area contributed by atoms with Crippen LogP contribution in [0.2, 0.25) is 0 Å². The molecule has 1 N–H and O–H groups in total. The smallest absolute Gasteiger partial charge is 0.258 e. The number of hydrogen-bond acceptors (Lipinski definition) is 5. The molecule has 7 nitrogen and oxygen atoms in total. The molecule has 0 radical (unpaired) electrons. The summed E-state index contributed by atoms with van der Waals surface area (Å²) in [6.45, 7) is 3.89. The molecule has 0 aromatic heterocycles. The number of benzene rings is 1. The van der Waals surface area contributed by atoms with Crippen LogP contribution >= 0.6 is 11.8 Å². The number of fused-ring (bicyclic) bond motifs is 1. The Morgan fingerprint density at radius 2 is 2.00 bits per heavy atom. The van der Waals surface area contributed by atoms with E-state index in [1.165, 1.54) is 0 Å². The Labute approximate surface area is 168 Å². The summed E-state index contributed by atoms with van der Waals surface area (Å²) in [5, 5.41) is 2.97. The first kappa shape index (κ1) is 19.1. The fourth-order valence-corrected chi connectivity index (χ4v) is 4.83. The second kappa shape index (κ2) is 7.66. The molecule has 0 aliphatic carbocycles. The molecule has 3 amide bonds. The fourth-order valence-electron chi connectivity index (χ4n) is 3.92. The van der Waals surface area contributed by atoms with Crippen molar-refractivity contribution in [1.82, 2.24) is 15.1 Å². The predicted molar refractivity (Wildman–Crippen MR) is 106 cm³/mol. The zero-order chi connectivity index (χ0) is 19.7. The standard InChI is InChI=1S/C20H25N3O4S/c1-14-2-3-16-15(12-14)19(26)21-20(27-16)5-4-17(24)23(7-6-20)13-18(25)22-8-10-28-11-9-22/h2-3,12H,4-11,13H2,1H3,(H,21,26)/t20-/m1/s1. The van der Waals surface area contributed by atoms with Crippen LogP contribution in [0.3, 0.4) is 0 Å². The molecule has 3 aliphatic rings. The SMILES string of the molecule is Cc1ccc2c(c1)C(=O)N[C@]1(CCC(=O)N(CC(=O)N3CCSCC3)CC1)O2. The molecule has 4 rings (SSSR count). The van der Waals surface area contributed by atoms with Crippen molar-refractivity contribution in [3.63, 3.8) is 0 Å². The van der Waals surface area contributed by atoms with E-state index in [2.05, 4.69) is 5.32 Å². The highest BCUT2D eigenvalue weighted by Gasteiger charge is 2.43. The zero-order valence-corrected chi connectivity index (χ0v) is 16.8. The third-order valence-corrected chi connectivity index (χ3v) is 6.54. The van der Waals surface area contributed by atoms with Crippen molar-refractivity contribution in [3.8, 4) is 5.75 Å². The van der Waals surface area contributed by atoms with E-state index in [1.807, 2.05) is 35.7 Å². The molecule has 8 heteroatoms. The van der Waals surface area contributed by atoms with Gasteiger partial charge in [-0.25, -0.2) is 0 Å². The van der Waals surface area contributed by atoms with Crippen LogP contribution in [0.25, 0.3) is 0 Å². The fraction of sp³-hybridized carbons (Fsp3) is 0.550. The normalized spacial score (nSPS) is 25.0. The van der Waals surface area contributed by atoms with Crippen LogP contribution in [0.5, 0.6) is 5.75 Å². The highest BCUT2D eigenvalue weighted by atomic mass is 32.2. The van der Waals surface area contributed by atoms with Gasteiger partial charge in [-0.05, 0) is 19.1 Å². The first-order chi connectivity index (χ1) is 13.5. The summed E-state index contributed by atoms with van der Waals surface area (Å²) in [7, 11) is 0. The van der Waals surface area contributed by atoms with Gasteiger partial charge in [-0.1, -0.05) is 11.6 Å². The molecule has 0 saturated carbocycles. The molecule has 3 aliphatic heterocycles. The summed E-state index contributed by atoms with van der Waals surface area (Å²) in [4.78, 5) is 41.2. The number of likely N-dealkylation sites (tertiary alicyclic amines) is 1. The lowest BCUT2D eigenvalue weighted by molar-refractivity contribution is -0.140. The summed E-state index contributed by atoms with van der Waals surface area (Å²) >= 11 is 1.84. The van der Waals surface area contributed by atoms with Gasteiger partial charge in [0.2, 0.25) is 11.8 Å². The van der Waals surface area contributed by atoms with E-state index in [1.54, 1.807) is 11.0 Å². The van der Waals surface area contributed by atoms with Crippen molar-refractivity contribution in [1.29, 1.82) is 0 Å². The van der Waals surface area contributed by atoms with Crippen molar-refractivity contribution >= 4 is 29.5 Å². The summed E-state index contributed by atoms with van der Waals surface area (Å²) in [5.74, 6) is 2.20. The molecule has 2 saturated heterocycles. The zero-order valence-electron chi connectivity index (χ0n) is 16.0. The Morgan fingerprint density at radius 1 is 1.21 bits per heavy atom. The van der Waals surface area contributed by atoms with Gasteiger partial charge in [0.25, 0.3) is 5.91 Å². The van der Waals surface area contributed by atoms with E-state index in [9.17, 15) is 14.4 Å². The third-order valence-electron chi connectivity index (χ3n) is 5.60. The van der Waals surface area contributed by atoms with Crippen LogP contribution in [0.4, 0.5) is 0 Å². The average molecular weight is 404 g/mol. The van der Waals surface area contributed by atoms with Crippen LogP contribution < -0.4 is 10.1 Å². The van der Waals surface area contributed by atoms with Gasteiger partial charge in [-0.15, -0.1) is 0 Å². The minimum absolute atomic E-state index is 0.000908. The van der Waals surface area contributed by atoms with Gasteiger partial charge in [0.05, 0.1) is 12.1 Å². The van der Waals surface area contributed by atoms with E-state index in [0.29, 0.717) is 30.7 Å². The maximum absolute atomic E-state index is 12.6. The molecule has 1 atom stereocenters. The molecule has 3 heterocycles. The minimum atomic E-state index is -0.894. The Kier molecular flexibility index (Phi) is 5.23. The van der Waals surface area contributed by atoms with Gasteiger partial charge in [-0.3, -0.25) is 14.4 Å². The number of hydrogen-bond donors (Lipinski definition) is 1. The number of nitrogens with one attached hydrogen (secondary N) is 1. The Hall–Kier alpha value is -2.22. The highest BCUT2D eigenvalue weighted by molar-refractivity contribution is 7.99. The number of amides is 3. The highest BCUT2D eigenvalue weighted by Crippen LogP contribution is 2.34. The molecular formula is C20H25N3O4S. The van der Waals surface area contributed by atoms with E-state index >= 15 is 0 Å². The average Bonchev–Trinajstić information content (AvgIpc) is 2.84. The van der Waals surface area contributed by atoms with E-state index in [-0.39, 0.29) is 30.7 Å². The second-order valence-corrected chi connectivity index (χ2v) is 8.83. The number of nitrogens with zero attached hydrogens (tertiary/aromatic N) is 2. The molecule has 2 fully saturated rings. The van der Waals surface area contributed by atoms with E-state index in [4.69, 9.17) is 4.74 Å². The number of aryl methyl sites for hydroxylation is 1. The summed E-state index contributed by atoms with van der Waals surface area (Å²) in [6, 6.07) is 5.53.